The number of amides is 1. The number of hydrogen-bond acceptors (Lipinski definition) is 4. The highest BCUT2D eigenvalue weighted by atomic mass is 19.1. The third kappa shape index (κ3) is 4.12. The van der Waals surface area contributed by atoms with E-state index < -0.39 is 23.2 Å². The summed E-state index contributed by atoms with van der Waals surface area (Å²) < 4.78 is 31.9. The number of nitrogens with zero attached hydrogens (tertiary/aromatic N) is 1. The molecule has 0 bridgehead atoms. The molecule has 1 aromatic carbocycles. The Labute approximate surface area is 122 Å². The number of rotatable bonds is 4. The van der Waals surface area contributed by atoms with Crippen molar-refractivity contribution in [1.82, 2.24) is 10.2 Å². The number of anilines is 1. The molecule has 1 aliphatic heterocycles. The number of nitrogens with two attached hydrogens (primary N) is 1. The molecule has 2 rings (SSSR count). The van der Waals surface area contributed by atoms with Gasteiger partial charge in [-0.15, -0.1) is 0 Å². The van der Waals surface area contributed by atoms with Gasteiger partial charge in [-0.05, 0) is 19.1 Å². The Balaban J connectivity index is 1.94. The van der Waals surface area contributed by atoms with Crippen LogP contribution in [0.25, 0.3) is 0 Å². The van der Waals surface area contributed by atoms with Gasteiger partial charge in [0.05, 0.1) is 13.2 Å². The standard InChI is InChI=1S/C14H19F2N3O2/c1-9(8-19-2-4-21-5-3-19)18-14(20)10-6-11(15)13(17)12(16)7-10/h6-7,9H,2-5,8,17H2,1H3,(H,18,20). The van der Waals surface area contributed by atoms with Gasteiger partial charge in [-0.25, -0.2) is 8.78 Å². The van der Waals surface area contributed by atoms with E-state index in [1.165, 1.54) is 0 Å². The van der Waals surface area contributed by atoms with Crippen molar-refractivity contribution in [2.45, 2.75) is 13.0 Å². The molecule has 1 unspecified atom stereocenters. The van der Waals surface area contributed by atoms with Crippen LogP contribution in [0.2, 0.25) is 0 Å². The largest absolute Gasteiger partial charge is 0.394 e. The Hall–Kier alpha value is -1.73. The molecule has 1 saturated heterocycles. The van der Waals surface area contributed by atoms with Crippen molar-refractivity contribution in [3.05, 3.63) is 29.3 Å². The number of nitrogens with one attached hydrogen (secondary N) is 1. The predicted molar refractivity (Wildman–Crippen MR) is 75.0 cm³/mol. The minimum atomic E-state index is -0.930. The van der Waals surface area contributed by atoms with Gasteiger partial charge in [-0.2, -0.15) is 0 Å². The Bertz CT molecular complexity index is 496. The Morgan fingerprint density at radius 3 is 2.52 bits per heavy atom. The summed E-state index contributed by atoms with van der Waals surface area (Å²) in [5, 5.41) is 2.72. The smallest absolute Gasteiger partial charge is 0.251 e. The van der Waals surface area contributed by atoms with Crippen LogP contribution in [0.15, 0.2) is 12.1 Å². The Morgan fingerprint density at radius 2 is 1.95 bits per heavy atom. The molecule has 1 aliphatic rings. The van der Waals surface area contributed by atoms with Gasteiger partial charge in [0.2, 0.25) is 0 Å². The van der Waals surface area contributed by atoms with E-state index >= 15 is 0 Å². The number of benzene rings is 1. The average molecular weight is 299 g/mol. The first-order valence-corrected chi connectivity index (χ1v) is 6.83. The lowest BCUT2D eigenvalue weighted by molar-refractivity contribution is 0.0342. The molecule has 1 atom stereocenters. The quantitative estimate of drug-likeness (QED) is 0.814. The zero-order valence-electron chi connectivity index (χ0n) is 11.9. The highest BCUT2D eigenvalue weighted by molar-refractivity contribution is 5.94. The molecule has 0 spiro atoms. The van der Waals surface area contributed by atoms with E-state index in [9.17, 15) is 13.6 Å². The fourth-order valence-electron chi connectivity index (χ4n) is 2.24. The number of morpholine rings is 1. The van der Waals surface area contributed by atoms with Crippen LogP contribution in [-0.2, 0) is 4.74 Å². The molecule has 0 radical (unpaired) electrons. The molecule has 0 saturated carbocycles. The van der Waals surface area contributed by atoms with Crippen LogP contribution >= 0.6 is 0 Å². The van der Waals surface area contributed by atoms with Crippen molar-refractivity contribution >= 4 is 11.6 Å². The van der Waals surface area contributed by atoms with Gasteiger partial charge in [0.1, 0.15) is 17.3 Å². The van der Waals surface area contributed by atoms with Crippen LogP contribution in [0.4, 0.5) is 14.5 Å². The average Bonchev–Trinajstić information content (AvgIpc) is 2.45. The SMILES string of the molecule is CC(CN1CCOCC1)NC(=O)c1cc(F)c(N)c(F)c1. The van der Waals surface area contributed by atoms with Crippen molar-refractivity contribution in [2.75, 3.05) is 38.6 Å². The molecule has 21 heavy (non-hydrogen) atoms. The summed E-state index contributed by atoms with van der Waals surface area (Å²) in [7, 11) is 0. The molecule has 1 heterocycles. The highest BCUT2D eigenvalue weighted by Crippen LogP contribution is 2.17. The number of carbonyl (C=O) groups excluding carboxylic acids is 1. The first-order chi connectivity index (χ1) is 9.97. The summed E-state index contributed by atoms with van der Waals surface area (Å²) in [4.78, 5) is 14.1. The lowest BCUT2D eigenvalue weighted by atomic mass is 10.1. The number of nitrogen functional groups attached to an aromatic ring is 1. The third-order valence-corrected chi connectivity index (χ3v) is 3.35. The van der Waals surface area contributed by atoms with Crippen LogP contribution in [0.1, 0.15) is 17.3 Å². The zero-order valence-corrected chi connectivity index (χ0v) is 11.9. The maximum atomic E-state index is 13.3. The maximum Gasteiger partial charge on any atom is 0.251 e. The minimum absolute atomic E-state index is 0.0759. The topological polar surface area (TPSA) is 67.6 Å². The lowest BCUT2D eigenvalue weighted by Gasteiger charge is -2.29. The second kappa shape index (κ2) is 6.82. The summed E-state index contributed by atoms with van der Waals surface area (Å²) in [5.41, 5.74) is 4.52. The van der Waals surface area contributed by atoms with Crippen molar-refractivity contribution in [1.29, 1.82) is 0 Å². The minimum Gasteiger partial charge on any atom is -0.394 e. The van der Waals surface area contributed by atoms with E-state index in [-0.39, 0.29) is 11.6 Å². The van der Waals surface area contributed by atoms with Gasteiger partial charge < -0.3 is 15.8 Å². The van der Waals surface area contributed by atoms with Crippen molar-refractivity contribution in [2.24, 2.45) is 0 Å². The van der Waals surface area contributed by atoms with Gasteiger partial charge in [-0.3, -0.25) is 9.69 Å². The van der Waals surface area contributed by atoms with Crippen LogP contribution in [0.5, 0.6) is 0 Å². The van der Waals surface area contributed by atoms with Crippen molar-refractivity contribution < 1.29 is 18.3 Å². The van der Waals surface area contributed by atoms with Crippen LogP contribution in [0, 0.1) is 11.6 Å². The first-order valence-electron chi connectivity index (χ1n) is 6.83. The number of carbonyl (C=O) groups is 1. The lowest BCUT2D eigenvalue weighted by Crippen LogP contribution is -2.46. The third-order valence-electron chi connectivity index (χ3n) is 3.35. The van der Waals surface area contributed by atoms with Crippen molar-refractivity contribution in [3.8, 4) is 0 Å². The van der Waals surface area contributed by atoms with Gasteiger partial charge in [0.15, 0.2) is 0 Å². The fourth-order valence-corrected chi connectivity index (χ4v) is 2.24. The van der Waals surface area contributed by atoms with Gasteiger partial charge in [0, 0.05) is 31.2 Å². The number of hydrogen-bond donors (Lipinski definition) is 2. The number of halogens is 2. The van der Waals surface area contributed by atoms with E-state index in [2.05, 4.69) is 10.2 Å². The highest BCUT2D eigenvalue weighted by Gasteiger charge is 2.17. The molecule has 0 aromatic heterocycles. The van der Waals surface area contributed by atoms with Crippen molar-refractivity contribution in [3.63, 3.8) is 0 Å². The summed E-state index contributed by atoms with van der Waals surface area (Å²) in [5.74, 6) is -2.38. The molecule has 1 amide bonds. The molecule has 5 nitrogen and oxygen atoms in total. The maximum absolute atomic E-state index is 13.3. The summed E-state index contributed by atoms with van der Waals surface area (Å²) >= 11 is 0. The predicted octanol–water partition coefficient (Wildman–Crippen LogP) is 0.998. The van der Waals surface area contributed by atoms with Gasteiger partial charge in [0.25, 0.3) is 5.91 Å². The van der Waals surface area contributed by atoms with E-state index in [1.807, 2.05) is 6.92 Å². The second-order valence-corrected chi connectivity index (χ2v) is 5.14. The first kappa shape index (κ1) is 15.7. The monoisotopic (exact) mass is 299 g/mol. The summed E-state index contributed by atoms with van der Waals surface area (Å²) in [6, 6.07) is 1.74. The Kier molecular flexibility index (Phi) is 5.08. The van der Waals surface area contributed by atoms with Crippen LogP contribution < -0.4 is 11.1 Å². The molecule has 1 fully saturated rings. The van der Waals surface area contributed by atoms with E-state index in [0.29, 0.717) is 19.8 Å². The number of ether oxygens (including phenoxy) is 1. The molecule has 7 heteroatoms. The normalized spacial score (nSPS) is 17.5. The fraction of sp³-hybridized carbons (Fsp3) is 0.500. The zero-order chi connectivity index (χ0) is 15.4. The van der Waals surface area contributed by atoms with Crippen LogP contribution in [-0.4, -0.2) is 49.7 Å². The van der Waals surface area contributed by atoms with E-state index in [1.54, 1.807) is 0 Å². The van der Waals surface area contributed by atoms with Crippen LogP contribution in [0.3, 0.4) is 0 Å². The van der Waals surface area contributed by atoms with E-state index in [0.717, 1.165) is 25.2 Å². The Morgan fingerprint density at radius 1 is 1.38 bits per heavy atom. The summed E-state index contributed by atoms with van der Waals surface area (Å²) in [6.07, 6.45) is 0. The van der Waals surface area contributed by atoms with Gasteiger partial charge in [-0.1, -0.05) is 0 Å². The second-order valence-electron chi connectivity index (χ2n) is 5.14. The molecule has 3 N–H and O–H groups in total. The van der Waals surface area contributed by atoms with Gasteiger partial charge >= 0.3 is 0 Å². The molecule has 1 aromatic rings. The molecule has 0 aliphatic carbocycles. The molecule has 116 valence electrons. The molecular formula is C14H19F2N3O2. The summed E-state index contributed by atoms with van der Waals surface area (Å²) in [6.45, 7) is 5.48. The van der Waals surface area contributed by atoms with E-state index in [4.69, 9.17) is 10.5 Å². The molecular weight excluding hydrogens is 280 g/mol.